The number of aliphatic hydroxyl groups excluding tert-OH is 3. The van der Waals surface area contributed by atoms with Crippen molar-refractivity contribution in [1.29, 1.82) is 0 Å². The molecule has 0 amide bonds. The molecule has 0 radical (unpaired) electrons. The minimum Gasteiger partial charge on any atom is -0.521 e. The number of aliphatic hydroxyl groups is 3. The van der Waals surface area contributed by atoms with Crippen LogP contribution in [0.25, 0.3) is 0 Å². The van der Waals surface area contributed by atoms with Crippen molar-refractivity contribution < 1.29 is 51.2 Å². The van der Waals surface area contributed by atoms with E-state index in [0.717, 1.165) is 0 Å². The summed E-state index contributed by atoms with van der Waals surface area (Å²) in [4.78, 5) is 0. The van der Waals surface area contributed by atoms with Gasteiger partial charge in [-0.3, -0.25) is 6.58 Å². The molecular formula is C11H27O6Ti-. The SMILES string of the molecule is COCCO.COCCO.COCCO.[CH-]=C.[Ti]. The van der Waals surface area contributed by atoms with Gasteiger partial charge in [-0.25, -0.2) is 0 Å². The third kappa shape index (κ3) is 97.2. The normalized spacial score (nSPS) is 7.22. The average Bonchev–Trinajstić information content (AvgIpc) is 2.36. The zero-order valence-corrected chi connectivity index (χ0v) is 13.2. The molecule has 0 aromatic carbocycles. The van der Waals surface area contributed by atoms with Crippen molar-refractivity contribution in [2.45, 2.75) is 0 Å². The molecular weight excluding hydrogens is 276 g/mol. The molecule has 0 bridgehead atoms. The number of methoxy groups -OCH3 is 3. The molecule has 0 aromatic rings. The summed E-state index contributed by atoms with van der Waals surface area (Å²) in [6.07, 6.45) is 0. The first-order valence-corrected chi connectivity index (χ1v) is 4.95. The first kappa shape index (κ1) is 30.9. The Morgan fingerprint density at radius 1 is 0.722 bits per heavy atom. The van der Waals surface area contributed by atoms with Gasteiger partial charge in [-0.2, -0.15) is 0 Å². The summed E-state index contributed by atoms with van der Waals surface area (Å²) in [5.41, 5.74) is 0. The molecule has 0 unspecified atom stereocenters. The van der Waals surface area contributed by atoms with E-state index < -0.39 is 0 Å². The molecule has 0 rings (SSSR count). The van der Waals surface area contributed by atoms with Gasteiger partial charge in [0.1, 0.15) is 0 Å². The first-order chi connectivity index (χ1) is 8.24. The Bertz CT molecular complexity index is 67.7. The Labute approximate surface area is 125 Å². The van der Waals surface area contributed by atoms with E-state index in [0.29, 0.717) is 19.8 Å². The largest absolute Gasteiger partial charge is 0.521 e. The summed E-state index contributed by atoms with van der Waals surface area (Å²) in [6.45, 7) is 8.70. The smallest absolute Gasteiger partial charge is 0.0693 e. The maximum absolute atomic E-state index is 7.94. The predicted octanol–water partition coefficient (Wildman–Crippen LogP) is -0.522. The third-order valence-corrected chi connectivity index (χ3v) is 0.886. The summed E-state index contributed by atoms with van der Waals surface area (Å²) in [7, 11) is 4.66. The van der Waals surface area contributed by atoms with Crippen LogP contribution in [0.15, 0.2) is 6.58 Å². The molecule has 3 N–H and O–H groups in total. The summed E-state index contributed by atoms with van der Waals surface area (Å²) in [5, 5.41) is 23.8. The fourth-order valence-corrected chi connectivity index (χ4v) is 0.274. The van der Waals surface area contributed by atoms with Crippen molar-refractivity contribution >= 4 is 0 Å². The predicted molar refractivity (Wildman–Crippen MR) is 66.8 cm³/mol. The van der Waals surface area contributed by atoms with Crippen molar-refractivity contribution in [2.24, 2.45) is 0 Å². The minimum atomic E-state index is 0. The molecule has 112 valence electrons. The molecule has 18 heavy (non-hydrogen) atoms. The molecule has 6 nitrogen and oxygen atoms in total. The maximum atomic E-state index is 7.94. The van der Waals surface area contributed by atoms with E-state index in [-0.39, 0.29) is 41.5 Å². The maximum Gasteiger partial charge on any atom is 0.0693 e. The summed E-state index contributed by atoms with van der Waals surface area (Å²) >= 11 is 0. The van der Waals surface area contributed by atoms with Crippen LogP contribution in [-0.2, 0) is 35.9 Å². The number of ether oxygens (including phenoxy) is 3. The molecule has 0 aliphatic heterocycles. The molecule has 0 saturated carbocycles. The van der Waals surface area contributed by atoms with Gasteiger partial charge in [0.25, 0.3) is 0 Å². The third-order valence-electron chi connectivity index (χ3n) is 0.886. The van der Waals surface area contributed by atoms with Crippen LogP contribution >= 0.6 is 0 Å². The Kier molecular flexibility index (Phi) is 91.5. The van der Waals surface area contributed by atoms with Crippen LogP contribution in [0, 0.1) is 6.58 Å². The zero-order valence-electron chi connectivity index (χ0n) is 11.6. The van der Waals surface area contributed by atoms with E-state index in [2.05, 4.69) is 27.4 Å². The van der Waals surface area contributed by atoms with Gasteiger partial charge < -0.3 is 36.1 Å². The van der Waals surface area contributed by atoms with Gasteiger partial charge in [-0.15, -0.1) is 0 Å². The topological polar surface area (TPSA) is 88.4 Å². The van der Waals surface area contributed by atoms with E-state index in [1.807, 2.05) is 0 Å². The molecule has 0 heterocycles. The van der Waals surface area contributed by atoms with Gasteiger partial charge in [-0.1, -0.05) is 0 Å². The van der Waals surface area contributed by atoms with Crippen LogP contribution in [0.2, 0.25) is 0 Å². The van der Waals surface area contributed by atoms with Crippen LogP contribution in [0.3, 0.4) is 0 Å². The Morgan fingerprint density at radius 2 is 0.889 bits per heavy atom. The molecule has 0 aliphatic carbocycles. The fraction of sp³-hybridized carbons (Fsp3) is 0.818. The zero-order chi connectivity index (χ0) is 14.4. The second-order valence-corrected chi connectivity index (χ2v) is 2.15. The van der Waals surface area contributed by atoms with E-state index in [1.54, 1.807) is 21.3 Å². The van der Waals surface area contributed by atoms with Crippen molar-refractivity contribution in [3.05, 3.63) is 13.2 Å². The van der Waals surface area contributed by atoms with Crippen molar-refractivity contribution in [3.8, 4) is 0 Å². The summed E-state index contributed by atoms with van der Waals surface area (Å²) in [5.74, 6) is 0. The van der Waals surface area contributed by atoms with Crippen LogP contribution < -0.4 is 0 Å². The Morgan fingerprint density at radius 3 is 0.889 bits per heavy atom. The minimum absolute atomic E-state index is 0. The summed E-state index contributed by atoms with van der Waals surface area (Å²) < 4.78 is 13.3. The molecule has 0 aromatic heterocycles. The second-order valence-electron chi connectivity index (χ2n) is 2.15. The van der Waals surface area contributed by atoms with Crippen molar-refractivity contribution in [2.75, 3.05) is 61.0 Å². The van der Waals surface area contributed by atoms with E-state index >= 15 is 0 Å². The van der Waals surface area contributed by atoms with E-state index in [1.165, 1.54) is 0 Å². The molecule has 0 atom stereocenters. The second kappa shape index (κ2) is 53.3. The van der Waals surface area contributed by atoms with Crippen LogP contribution in [0.1, 0.15) is 0 Å². The van der Waals surface area contributed by atoms with Gasteiger partial charge in [0.2, 0.25) is 0 Å². The standard InChI is InChI=1S/3C3H8O2.C2H3.Ti/c3*1-5-3-2-4;1-2;/h3*4H,2-3H2,1H3;1H,2H2;/q;;;-1;. The van der Waals surface area contributed by atoms with Crippen molar-refractivity contribution in [3.63, 3.8) is 0 Å². The fourth-order valence-electron chi connectivity index (χ4n) is 0.274. The first-order valence-electron chi connectivity index (χ1n) is 4.95. The molecule has 0 spiro atoms. The average molecular weight is 303 g/mol. The van der Waals surface area contributed by atoms with Gasteiger partial charge in [0.15, 0.2) is 0 Å². The Balaban J connectivity index is -0.0000000427. The van der Waals surface area contributed by atoms with Gasteiger partial charge in [0, 0.05) is 43.0 Å². The van der Waals surface area contributed by atoms with Gasteiger partial charge in [-0.05, 0) is 0 Å². The quantitative estimate of drug-likeness (QED) is 0.452. The van der Waals surface area contributed by atoms with Crippen LogP contribution in [-0.4, -0.2) is 76.3 Å². The number of rotatable bonds is 6. The molecule has 0 saturated heterocycles. The van der Waals surface area contributed by atoms with E-state index in [9.17, 15) is 0 Å². The molecule has 0 fully saturated rings. The molecule has 0 aliphatic rings. The monoisotopic (exact) mass is 303 g/mol. The van der Waals surface area contributed by atoms with Crippen LogP contribution in [0.5, 0.6) is 0 Å². The van der Waals surface area contributed by atoms with Crippen molar-refractivity contribution in [1.82, 2.24) is 0 Å². The van der Waals surface area contributed by atoms with Gasteiger partial charge >= 0.3 is 0 Å². The van der Waals surface area contributed by atoms with E-state index in [4.69, 9.17) is 15.3 Å². The van der Waals surface area contributed by atoms with Gasteiger partial charge in [0.05, 0.1) is 39.6 Å². The summed E-state index contributed by atoms with van der Waals surface area (Å²) in [6, 6.07) is 0. The number of hydrogen-bond donors (Lipinski definition) is 3. The number of hydrogen-bond acceptors (Lipinski definition) is 6. The Hall–Kier alpha value is 0.214. The molecule has 7 heteroatoms. The van der Waals surface area contributed by atoms with Crippen LogP contribution in [0.4, 0.5) is 0 Å².